The number of hydrogen-bond acceptors (Lipinski definition) is 4. The first-order chi connectivity index (χ1) is 14.5. The second kappa shape index (κ2) is 9.40. The summed E-state index contributed by atoms with van der Waals surface area (Å²) in [6.45, 7) is 6.63. The molecular formula is C22H33F2N3O3S. The van der Waals surface area contributed by atoms with Gasteiger partial charge in [0.15, 0.2) is 0 Å². The SMILES string of the molecule is CC(C)(C)S(=O)(=O)N[C@H]1CC[C@H](CNc2cc(F)c(C(=O)N3CCCC3)c(F)c2)CC1. The highest BCUT2D eigenvalue weighted by atomic mass is 32.2. The van der Waals surface area contributed by atoms with E-state index in [0.717, 1.165) is 38.5 Å². The van der Waals surface area contributed by atoms with Crippen LogP contribution in [0.15, 0.2) is 12.1 Å². The molecule has 1 aromatic carbocycles. The maximum absolute atomic E-state index is 14.5. The number of anilines is 1. The Bertz CT molecular complexity index is 878. The first-order valence-electron chi connectivity index (χ1n) is 11.0. The van der Waals surface area contributed by atoms with Crippen LogP contribution in [0, 0.1) is 17.6 Å². The summed E-state index contributed by atoms with van der Waals surface area (Å²) in [5.41, 5.74) is -0.178. The van der Waals surface area contributed by atoms with Gasteiger partial charge in [0.25, 0.3) is 5.91 Å². The highest BCUT2D eigenvalue weighted by Gasteiger charge is 2.33. The Morgan fingerprint density at radius 3 is 2.13 bits per heavy atom. The molecule has 2 N–H and O–H groups in total. The summed E-state index contributed by atoms with van der Waals surface area (Å²) < 4.78 is 55.6. The Hall–Kier alpha value is -1.74. The number of nitrogens with one attached hydrogen (secondary N) is 2. The van der Waals surface area contributed by atoms with Gasteiger partial charge in [-0.3, -0.25) is 4.79 Å². The predicted octanol–water partition coefficient (Wildman–Crippen LogP) is 3.89. The maximum Gasteiger partial charge on any atom is 0.259 e. The van der Waals surface area contributed by atoms with Crippen molar-refractivity contribution in [2.24, 2.45) is 5.92 Å². The van der Waals surface area contributed by atoms with Crippen molar-refractivity contribution in [3.05, 3.63) is 29.3 Å². The Morgan fingerprint density at radius 1 is 1.06 bits per heavy atom. The lowest BCUT2D eigenvalue weighted by atomic mass is 9.86. The zero-order chi connectivity index (χ0) is 22.8. The van der Waals surface area contributed by atoms with Crippen LogP contribution in [0.2, 0.25) is 0 Å². The van der Waals surface area contributed by atoms with Crippen LogP contribution in [-0.2, 0) is 10.0 Å². The molecule has 1 aliphatic carbocycles. The maximum atomic E-state index is 14.5. The fourth-order valence-corrected chi connectivity index (χ4v) is 5.13. The summed E-state index contributed by atoms with van der Waals surface area (Å²) in [5.74, 6) is -2.00. The van der Waals surface area contributed by atoms with E-state index in [1.165, 1.54) is 17.0 Å². The third-order valence-electron chi connectivity index (χ3n) is 6.22. The normalized spacial score (nSPS) is 22.5. The van der Waals surface area contributed by atoms with E-state index in [0.29, 0.717) is 25.3 Å². The molecule has 0 spiro atoms. The average Bonchev–Trinajstić information content (AvgIpc) is 3.20. The minimum absolute atomic E-state index is 0.0775. The molecule has 9 heteroatoms. The summed E-state index contributed by atoms with van der Waals surface area (Å²) in [6, 6.07) is 2.27. The van der Waals surface area contributed by atoms with Gasteiger partial charge in [-0.25, -0.2) is 21.9 Å². The van der Waals surface area contributed by atoms with E-state index in [9.17, 15) is 22.0 Å². The molecule has 0 unspecified atom stereocenters. The zero-order valence-electron chi connectivity index (χ0n) is 18.5. The lowest BCUT2D eigenvalue weighted by molar-refractivity contribution is 0.0783. The van der Waals surface area contributed by atoms with Gasteiger partial charge in [-0.2, -0.15) is 0 Å². The van der Waals surface area contributed by atoms with Crippen molar-refractivity contribution in [3.8, 4) is 0 Å². The van der Waals surface area contributed by atoms with Gasteiger partial charge in [0, 0.05) is 31.4 Å². The molecule has 2 fully saturated rings. The smallest absolute Gasteiger partial charge is 0.259 e. The van der Waals surface area contributed by atoms with Crippen molar-refractivity contribution < 1.29 is 22.0 Å². The van der Waals surface area contributed by atoms with Gasteiger partial charge in [-0.05, 0) is 77.3 Å². The lowest BCUT2D eigenvalue weighted by Crippen LogP contribution is -2.46. The minimum Gasteiger partial charge on any atom is -0.385 e. The van der Waals surface area contributed by atoms with E-state index >= 15 is 0 Å². The molecule has 1 aromatic rings. The number of sulfonamides is 1. The first kappa shape index (κ1) is 23.9. The molecule has 2 aliphatic rings. The molecule has 0 radical (unpaired) electrons. The van der Waals surface area contributed by atoms with E-state index in [1.807, 2.05) is 0 Å². The molecule has 0 aromatic heterocycles. The Labute approximate surface area is 183 Å². The molecular weight excluding hydrogens is 424 g/mol. The molecule has 1 saturated carbocycles. The highest BCUT2D eigenvalue weighted by molar-refractivity contribution is 7.90. The second-order valence-electron chi connectivity index (χ2n) is 9.65. The fourth-order valence-electron chi connectivity index (χ4n) is 4.10. The molecule has 6 nitrogen and oxygen atoms in total. The van der Waals surface area contributed by atoms with Crippen LogP contribution in [0.5, 0.6) is 0 Å². The van der Waals surface area contributed by atoms with Gasteiger partial charge in [-0.1, -0.05) is 0 Å². The number of likely N-dealkylation sites (tertiary alicyclic amines) is 1. The number of hydrogen-bond donors (Lipinski definition) is 2. The largest absolute Gasteiger partial charge is 0.385 e. The minimum atomic E-state index is -3.38. The molecule has 1 heterocycles. The number of amides is 1. The quantitative estimate of drug-likeness (QED) is 0.679. The number of halogens is 2. The van der Waals surface area contributed by atoms with Crippen LogP contribution >= 0.6 is 0 Å². The summed E-state index contributed by atoms with van der Waals surface area (Å²) in [7, 11) is -3.38. The van der Waals surface area contributed by atoms with E-state index in [1.54, 1.807) is 20.8 Å². The Kier molecular flexibility index (Phi) is 7.25. The summed E-state index contributed by atoms with van der Waals surface area (Å²) in [4.78, 5) is 13.9. The van der Waals surface area contributed by atoms with Gasteiger partial charge < -0.3 is 10.2 Å². The highest BCUT2D eigenvalue weighted by Crippen LogP contribution is 2.28. The molecule has 1 aliphatic heterocycles. The third-order valence-corrected chi connectivity index (χ3v) is 8.47. The van der Waals surface area contributed by atoms with Crippen LogP contribution < -0.4 is 10.0 Å². The fraction of sp³-hybridized carbons (Fsp3) is 0.682. The molecule has 174 valence electrons. The molecule has 31 heavy (non-hydrogen) atoms. The molecule has 0 bridgehead atoms. The van der Waals surface area contributed by atoms with Crippen LogP contribution in [0.25, 0.3) is 0 Å². The number of carbonyl (C=O) groups is 1. The number of rotatable bonds is 6. The molecule has 1 amide bonds. The predicted molar refractivity (Wildman–Crippen MR) is 118 cm³/mol. The van der Waals surface area contributed by atoms with E-state index < -0.39 is 37.9 Å². The number of nitrogens with zero attached hydrogens (tertiary/aromatic N) is 1. The van der Waals surface area contributed by atoms with Crippen LogP contribution in [0.3, 0.4) is 0 Å². The number of carbonyl (C=O) groups excluding carboxylic acids is 1. The van der Waals surface area contributed by atoms with Gasteiger partial charge in [-0.15, -0.1) is 0 Å². The van der Waals surface area contributed by atoms with Gasteiger partial charge in [0.1, 0.15) is 17.2 Å². The van der Waals surface area contributed by atoms with Gasteiger partial charge in [0.2, 0.25) is 10.0 Å². The standard InChI is InChI=1S/C22H33F2N3O3S/c1-22(2,3)31(29,30)26-16-8-6-15(7-9-16)14-25-17-12-18(23)20(19(24)13-17)21(28)27-10-4-5-11-27/h12-13,15-16,25-26H,4-11,14H2,1-3H3/t15-,16-. The second-order valence-corrected chi connectivity index (χ2v) is 12.1. The monoisotopic (exact) mass is 457 g/mol. The van der Waals surface area contributed by atoms with Crippen molar-refractivity contribution in [2.45, 2.75) is 70.1 Å². The topological polar surface area (TPSA) is 78.5 Å². The first-order valence-corrected chi connectivity index (χ1v) is 12.5. The van der Waals surface area contributed by atoms with E-state index in [4.69, 9.17) is 0 Å². The van der Waals surface area contributed by atoms with Crippen molar-refractivity contribution >= 4 is 21.6 Å². The van der Waals surface area contributed by atoms with Crippen molar-refractivity contribution in [2.75, 3.05) is 25.0 Å². The summed E-state index contributed by atoms with van der Waals surface area (Å²) in [5, 5.41) is 3.08. The van der Waals surface area contributed by atoms with Crippen molar-refractivity contribution in [1.82, 2.24) is 9.62 Å². The molecule has 1 saturated heterocycles. The van der Waals surface area contributed by atoms with E-state index in [-0.39, 0.29) is 12.0 Å². The van der Waals surface area contributed by atoms with Crippen molar-refractivity contribution in [3.63, 3.8) is 0 Å². The van der Waals surface area contributed by atoms with Crippen LogP contribution in [-0.4, -0.2) is 49.6 Å². The molecule has 0 atom stereocenters. The van der Waals surface area contributed by atoms with Gasteiger partial charge in [0.05, 0.1) is 4.75 Å². The third kappa shape index (κ3) is 5.74. The lowest BCUT2D eigenvalue weighted by Gasteiger charge is -2.31. The molecule has 3 rings (SSSR count). The van der Waals surface area contributed by atoms with Gasteiger partial charge >= 0.3 is 0 Å². The average molecular weight is 458 g/mol. The Balaban J connectivity index is 1.53. The Morgan fingerprint density at radius 2 is 1.61 bits per heavy atom. The van der Waals surface area contributed by atoms with Crippen molar-refractivity contribution in [1.29, 1.82) is 0 Å². The zero-order valence-corrected chi connectivity index (χ0v) is 19.3. The summed E-state index contributed by atoms with van der Waals surface area (Å²) in [6.07, 6.45) is 4.81. The summed E-state index contributed by atoms with van der Waals surface area (Å²) >= 11 is 0. The van der Waals surface area contributed by atoms with E-state index in [2.05, 4.69) is 10.0 Å². The van der Waals surface area contributed by atoms with Crippen LogP contribution in [0.4, 0.5) is 14.5 Å². The number of benzene rings is 1. The van der Waals surface area contributed by atoms with Crippen LogP contribution in [0.1, 0.15) is 69.7 Å².